The molecule has 0 fully saturated rings. The summed E-state index contributed by atoms with van der Waals surface area (Å²) in [4.78, 5) is 19.9. The number of ether oxygens (including phenoxy) is 1. The lowest BCUT2D eigenvalue weighted by molar-refractivity contribution is 0.373. The Hall–Kier alpha value is -3.94. The van der Waals surface area contributed by atoms with Gasteiger partial charge in [-0.15, -0.1) is 0 Å². The molecule has 4 aromatic rings. The van der Waals surface area contributed by atoms with Crippen molar-refractivity contribution >= 4 is 17.2 Å². The lowest BCUT2D eigenvalue weighted by Gasteiger charge is -2.11. The van der Waals surface area contributed by atoms with Crippen LogP contribution in [0.25, 0.3) is 16.9 Å². The van der Waals surface area contributed by atoms with Crippen LogP contribution >= 0.6 is 0 Å². The standard InChI is InChI=1S/C22H19N5O3/c1-30-19-7-3-14(11-18(19)28)21-22(27-9-8-23-12-20(27)25-21)24-15-4-5-16-13(10-15)2-6-17(16)26-29/h3-5,7-12,17,24,28H,2,6H2,1H3. The highest BCUT2D eigenvalue weighted by atomic mass is 16.5. The number of nitrogens with one attached hydrogen (secondary N) is 1. The number of imidazole rings is 1. The van der Waals surface area contributed by atoms with Crippen LogP contribution in [0.2, 0.25) is 0 Å². The van der Waals surface area contributed by atoms with Gasteiger partial charge < -0.3 is 15.2 Å². The number of aryl methyl sites for hydroxylation is 1. The maximum Gasteiger partial charge on any atom is 0.160 e. The number of nitroso groups, excluding NO2 is 1. The van der Waals surface area contributed by atoms with Crippen molar-refractivity contribution in [1.29, 1.82) is 0 Å². The molecule has 5 rings (SSSR count). The number of aromatic hydroxyl groups is 1. The Kier molecular flexibility index (Phi) is 4.31. The molecular weight excluding hydrogens is 382 g/mol. The Balaban J connectivity index is 1.60. The maximum absolute atomic E-state index is 11.0. The zero-order valence-electron chi connectivity index (χ0n) is 16.2. The summed E-state index contributed by atoms with van der Waals surface area (Å²) in [6.45, 7) is 0. The van der Waals surface area contributed by atoms with Crippen LogP contribution < -0.4 is 10.1 Å². The number of benzene rings is 2. The van der Waals surface area contributed by atoms with Crippen molar-refractivity contribution in [2.24, 2.45) is 5.18 Å². The second-order valence-corrected chi connectivity index (χ2v) is 7.20. The third-order valence-electron chi connectivity index (χ3n) is 5.46. The highest BCUT2D eigenvalue weighted by Crippen LogP contribution is 2.38. The van der Waals surface area contributed by atoms with Gasteiger partial charge in [0.15, 0.2) is 17.1 Å². The Morgan fingerprint density at radius 3 is 2.97 bits per heavy atom. The van der Waals surface area contributed by atoms with E-state index in [-0.39, 0.29) is 11.8 Å². The number of phenols is 1. The number of methoxy groups -OCH3 is 1. The molecule has 1 atom stereocenters. The number of anilines is 2. The molecule has 8 nitrogen and oxygen atoms in total. The zero-order chi connectivity index (χ0) is 20.7. The second kappa shape index (κ2) is 7.14. The van der Waals surface area contributed by atoms with Crippen LogP contribution in [0.3, 0.4) is 0 Å². The molecule has 2 aromatic carbocycles. The van der Waals surface area contributed by atoms with Crippen LogP contribution in [0, 0.1) is 4.91 Å². The Morgan fingerprint density at radius 2 is 2.17 bits per heavy atom. The molecule has 0 saturated carbocycles. The molecule has 0 saturated heterocycles. The van der Waals surface area contributed by atoms with Gasteiger partial charge in [-0.1, -0.05) is 11.2 Å². The van der Waals surface area contributed by atoms with Gasteiger partial charge in [-0.3, -0.25) is 9.38 Å². The highest BCUT2D eigenvalue weighted by Gasteiger charge is 2.24. The number of fused-ring (bicyclic) bond motifs is 2. The maximum atomic E-state index is 11.0. The lowest BCUT2D eigenvalue weighted by Crippen LogP contribution is -1.98. The highest BCUT2D eigenvalue weighted by molar-refractivity contribution is 5.80. The summed E-state index contributed by atoms with van der Waals surface area (Å²) >= 11 is 0. The van der Waals surface area contributed by atoms with E-state index in [2.05, 4.69) is 21.5 Å². The molecule has 0 bridgehead atoms. The van der Waals surface area contributed by atoms with Crippen molar-refractivity contribution in [3.8, 4) is 22.8 Å². The average Bonchev–Trinajstić information content (AvgIpc) is 3.35. The molecule has 1 unspecified atom stereocenters. The summed E-state index contributed by atoms with van der Waals surface area (Å²) in [5, 5.41) is 16.9. The van der Waals surface area contributed by atoms with Crippen LogP contribution in [0.15, 0.2) is 60.2 Å². The van der Waals surface area contributed by atoms with Gasteiger partial charge in [-0.05, 0) is 54.3 Å². The average molecular weight is 401 g/mol. The SMILES string of the molecule is COc1ccc(-c2nc3cnccn3c2Nc2ccc3c(c2)CCC3N=O)cc1O. The van der Waals surface area contributed by atoms with Crippen LogP contribution in [0.4, 0.5) is 11.5 Å². The van der Waals surface area contributed by atoms with Gasteiger partial charge in [0.2, 0.25) is 0 Å². The molecule has 0 spiro atoms. The number of nitrogens with zero attached hydrogens (tertiary/aromatic N) is 4. The van der Waals surface area contributed by atoms with Gasteiger partial charge in [0.25, 0.3) is 0 Å². The molecule has 2 N–H and O–H groups in total. The van der Waals surface area contributed by atoms with E-state index in [0.29, 0.717) is 17.1 Å². The monoisotopic (exact) mass is 401 g/mol. The molecular formula is C22H19N5O3. The largest absolute Gasteiger partial charge is 0.504 e. The summed E-state index contributed by atoms with van der Waals surface area (Å²) in [6, 6.07) is 10.9. The first-order valence-corrected chi connectivity index (χ1v) is 9.59. The molecule has 2 heterocycles. The fourth-order valence-electron chi connectivity index (χ4n) is 3.98. The fraction of sp³-hybridized carbons (Fsp3) is 0.182. The van der Waals surface area contributed by atoms with Gasteiger partial charge in [-0.25, -0.2) is 4.98 Å². The topological polar surface area (TPSA) is 101 Å². The van der Waals surface area contributed by atoms with Crippen molar-refractivity contribution in [3.05, 3.63) is 71.0 Å². The van der Waals surface area contributed by atoms with Gasteiger partial charge >= 0.3 is 0 Å². The molecule has 150 valence electrons. The number of hydrogen-bond acceptors (Lipinski definition) is 7. The van der Waals surface area contributed by atoms with Crippen LogP contribution in [0.5, 0.6) is 11.5 Å². The van der Waals surface area contributed by atoms with Crippen molar-refractivity contribution in [3.63, 3.8) is 0 Å². The quantitative estimate of drug-likeness (QED) is 0.474. The first-order chi connectivity index (χ1) is 14.7. The van der Waals surface area contributed by atoms with Crippen LogP contribution in [-0.2, 0) is 6.42 Å². The van der Waals surface area contributed by atoms with E-state index >= 15 is 0 Å². The van der Waals surface area contributed by atoms with Gasteiger partial charge in [0.1, 0.15) is 17.6 Å². The summed E-state index contributed by atoms with van der Waals surface area (Å²) < 4.78 is 7.06. The van der Waals surface area contributed by atoms with Crippen LogP contribution in [-0.4, -0.2) is 26.6 Å². The van der Waals surface area contributed by atoms with Gasteiger partial charge in [0, 0.05) is 23.6 Å². The third-order valence-corrected chi connectivity index (χ3v) is 5.46. The van der Waals surface area contributed by atoms with E-state index in [4.69, 9.17) is 9.72 Å². The Labute approximate surface area is 172 Å². The van der Waals surface area contributed by atoms with E-state index in [1.807, 2.05) is 28.8 Å². The molecule has 1 aliphatic carbocycles. The zero-order valence-corrected chi connectivity index (χ0v) is 16.2. The van der Waals surface area contributed by atoms with E-state index in [1.165, 1.54) is 7.11 Å². The predicted octanol–water partition coefficient (Wildman–Crippen LogP) is 4.61. The Bertz CT molecular complexity index is 1270. The molecule has 2 aromatic heterocycles. The van der Waals surface area contributed by atoms with Crippen LogP contribution in [0.1, 0.15) is 23.6 Å². The minimum atomic E-state index is -0.256. The minimum absolute atomic E-state index is 0.0427. The Morgan fingerprint density at radius 1 is 1.27 bits per heavy atom. The molecule has 1 aliphatic rings. The van der Waals surface area contributed by atoms with Crippen molar-refractivity contribution in [2.75, 3.05) is 12.4 Å². The summed E-state index contributed by atoms with van der Waals surface area (Å²) in [7, 11) is 1.51. The number of aromatic nitrogens is 3. The fourth-order valence-corrected chi connectivity index (χ4v) is 3.98. The van der Waals surface area contributed by atoms with Crippen molar-refractivity contribution in [1.82, 2.24) is 14.4 Å². The summed E-state index contributed by atoms with van der Waals surface area (Å²) in [5.41, 5.74) is 5.11. The van der Waals surface area contributed by atoms with Gasteiger partial charge in [0.05, 0.1) is 13.3 Å². The van der Waals surface area contributed by atoms with E-state index in [1.54, 1.807) is 24.5 Å². The first kappa shape index (κ1) is 18.1. The molecule has 0 amide bonds. The molecule has 8 heteroatoms. The van der Waals surface area contributed by atoms with E-state index < -0.39 is 0 Å². The van der Waals surface area contributed by atoms with E-state index in [9.17, 15) is 10.0 Å². The minimum Gasteiger partial charge on any atom is -0.504 e. The predicted molar refractivity (Wildman–Crippen MR) is 113 cm³/mol. The lowest BCUT2D eigenvalue weighted by atomic mass is 10.1. The third kappa shape index (κ3) is 2.93. The summed E-state index contributed by atoms with van der Waals surface area (Å²) in [5.74, 6) is 1.19. The second-order valence-electron chi connectivity index (χ2n) is 7.20. The number of rotatable bonds is 5. The van der Waals surface area contributed by atoms with Crippen molar-refractivity contribution < 1.29 is 9.84 Å². The van der Waals surface area contributed by atoms with Crippen molar-refractivity contribution in [2.45, 2.75) is 18.9 Å². The number of phenolic OH excluding ortho intramolecular Hbond substituents is 1. The normalized spacial score (nSPS) is 15.2. The number of hydrogen-bond donors (Lipinski definition) is 2. The van der Waals surface area contributed by atoms with Gasteiger partial charge in [-0.2, -0.15) is 4.91 Å². The molecule has 0 aliphatic heterocycles. The molecule has 30 heavy (non-hydrogen) atoms. The van der Waals surface area contributed by atoms with E-state index in [0.717, 1.165) is 41.0 Å². The molecule has 0 radical (unpaired) electrons. The summed E-state index contributed by atoms with van der Waals surface area (Å²) in [6.07, 6.45) is 6.79. The first-order valence-electron chi connectivity index (χ1n) is 9.59. The smallest absolute Gasteiger partial charge is 0.160 e.